The number of aromatic nitrogens is 4. The second-order valence-corrected chi connectivity index (χ2v) is 17.4. The summed E-state index contributed by atoms with van der Waals surface area (Å²) in [4.78, 5) is 66.1. The Balaban J connectivity index is 1.03. The van der Waals surface area contributed by atoms with Crippen LogP contribution in [0.2, 0.25) is 5.02 Å². The molecular formula is C43H53ClN8O6. The number of benzene rings is 2. The van der Waals surface area contributed by atoms with Gasteiger partial charge in [0, 0.05) is 75.3 Å². The number of anilines is 2. The zero-order chi connectivity index (χ0) is 41.7. The number of hydrogen-bond donors (Lipinski definition) is 2. The molecule has 4 aromatic rings. The van der Waals surface area contributed by atoms with Crippen LogP contribution in [0, 0.1) is 12.3 Å². The van der Waals surface area contributed by atoms with Crippen LogP contribution in [0.3, 0.4) is 0 Å². The number of fused-ring (bicyclic) bond motifs is 2. The van der Waals surface area contributed by atoms with Gasteiger partial charge in [-0.05, 0) is 83.6 Å². The first-order chi connectivity index (χ1) is 27.5. The molecule has 15 heteroatoms. The topological polar surface area (TPSA) is 153 Å². The van der Waals surface area contributed by atoms with Gasteiger partial charge in [0.05, 0.1) is 41.2 Å². The van der Waals surface area contributed by atoms with Crippen LogP contribution in [0.1, 0.15) is 103 Å². The van der Waals surface area contributed by atoms with Crippen LogP contribution in [-0.4, -0.2) is 84.6 Å². The number of rotatable bonds is 7. The third-order valence-electron chi connectivity index (χ3n) is 12.0. The quantitative estimate of drug-likeness (QED) is 0.187. The fourth-order valence-electron chi connectivity index (χ4n) is 8.59. The Bertz CT molecular complexity index is 2280. The Morgan fingerprint density at radius 1 is 0.828 bits per heavy atom. The van der Waals surface area contributed by atoms with Crippen molar-refractivity contribution < 1.29 is 28.7 Å². The second kappa shape index (κ2) is 15.9. The molecule has 2 aromatic carbocycles. The Kier molecular flexibility index (Phi) is 11.2. The van der Waals surface area contributed by atoms with E-state index in [9.17, 15) is 19.2 Å². The molecule has 58 heavy (non-hydrogen) atoms. The van der Waals surface area contributed by atoms with Crippen molar-refractivity contribution in [2.24, 2.45) is 19.5 Å². The van der Waals surface area contributed by atoms with E-state index in [-0.39, 0.29) is 30.2 Å². The summed E-state index contributed by atoms with van der Waals surface area (Å²) in [6, 6.07) is 11.4. The third-order valence-corrected chi connectivity index (χ3v) is 12.4. The molecule has 0 unspecified atom stereocenters. The van der Waals surface area contributed by atoms with E-state index in [0.29, 0.717) is 59.0 Å². The first-order valence-electron chi connectivity index (χ1n) is 19.9. The molecule has 3 aliphatic rings. The number of methoxy groups -OCH3 is 1. The molecule has 4 heterocycles. The van der Waals surface area contributed by atoms with Gasteiger partial charge in [0.25, 0.3) is 11.8 Å². The number of carbonyl (C=O) groups excluding carboxylic acids is 4. The van der Waals surface area contributed by atoms with Gasteiger partial charge in [-0.1, -0.05) is 35.9 Å². The van der Waals surface area contributed by atoms with Gasteiger partial charge in [-0.3, -0.25) is 19.3 Å². The number of carbonyl (C=O) groups is 4. The summed E-state index contributed by atoms with van der Waals surface area (Å²) in [5.41, 5.74) is 5.73. The molecular weight excluding hydrogens is 760 g/mol. The maximum atomic E-state index is 13.8. The van der Waals surface area contributed by atoms with E-state index in [2.05, 4.69) is 20.5 Å². The van der Waals surface area contributed by atoms with Crippen molar-refractivity contribution in [3.8, 4) is 11.1 Å². The van der Waals surface area contributed by atoms with Gasteiger partial charge in [-0.25, -0.2) is 14.8 Å². The minimum absolute atomic E-state index is 0.137. The number of imidazole rings is 2. The molecule has 2 N–H and O–H groups in total. The molecule has 1 fully saturated rings. The summed E-state index contributed by atoms with van der Waals surface area (Å²) in [7, 11) is 5.14. The number of nitrogens with one attached hydrogen (secondary N) is 2. The van der Waals surface area contributed by atoms with Crippen LogP contribution in [0.15, 0.2) is 36.4 Å². The average molecular weight is 813 g/mol. The van der Waals surface area contributed by atoms with Crippen LogP contribution in [-0.2, 0) is 54.3 Å². The lowest BCUT2D eigenvalue weighted by molar-refractivity contribution is -0.154. The predicted molar refractivity (Wildman–Crippen MR) is 221 cm³/mol. The molecule has 3 amide bonds. The van der Waals surface area contributed by atoms with E-state index in [1.54, 1.807) is 15.5 Å². The van der Waals surface area contributed by atoms with Crippen LogP contribution in [0.25, 0.3) is 11.1 Å². The van der Waals surface area contributed by atoms with E-state index in [1.165, 1.54) is 7.11 Å². The zero-order valence-electron chi connectivity index (χ0n) is 34.6. The van der Waals surface area contributed by atoms with Gasteiger partial charge >= 0.3 is 12.1 Å². The van der Waals surface area contributed by atoms with Gasteiger partial charge in [-0.2, -0.15) is 0 Å². The summed E-state index contributed by atoms with van der Waals surface area (Å²) in [5.74, 6) is -0.330. The first kappa shape index (κ1) is 41.0. The minimum atomic E-state index is -0.614. The number of halogens is 1. The van der Waals surface area contributed by atoms with Crippen LogP contribution in [0.4, 0.5) is 16.2 Å². The second-order valence-electron chi connectivity index (χ2n) is 17.0. The molecule has 0 saturated heterocycles. The van der Waals surface area contributed by atoms with Gasteiger partial charge < -0.3 is 34.1 Å². The number of hydrogen-bond acceptors (Lipinski definition) is 9. The van der Waals surface area contributed by atoms with Gasteiger partial charge in [-0.15, -0.1) is 0 Å². The highest BCUT2D eigenvalue weighted by Gasteiger charge is 2.41. The lowest BCUT2D eigenvalue weighted by Crippen LogP contribution is -2.45. The van der Waals surface area contributed by atoms with E-state index in [4.69, 9.17) is 26.1 Å². The van der Waals surface area contributed by atoms with Crippen LogP contribution in [0.5, 0.6) is 0 Å². The maximum absolute atomic E-state index is 13.8. The summed E-state index contributed by atoms with van der Waals surface area (Å²) < 4.78 is 14.3. The first-order valence-corrected chi connectivity index (χ1v) is 20.3. The summed E-state index contributed by atoms with van der Waals surface area (Å²) >= 11 is 7.03. The van der Waals surface area contributed by atoms with Crippen LogP contribution < -0.4 is 10.6 Å². The monoisotopic (exact) mass is 812 g/mol. The molecule has 1 aliphatic carbocycles. The van der Waals surface area contributed by atoms with Crippen molar-refractivity contribution >= 4 is 46.9 Å². The number of nitrogens with zero attached hydrogens (tertiary/aromatic N) is 6. The van der Waals surface area contributed by atoms with Crippen molar-refractivity contribution in [1.29, 1.82) is 0 Å². The minimum Gasteiger partial charge on any atom is -0.469 e. The Morgan fingerprint density at radius 2 is 1.38 bits per heavy atom. The maximum Gasteiger partial charge on any atom is 0.410 e. The Hall–Kier alpha value is -5.21. The normalized spacial score (nSPS) is 19.5. The number of ether oxygens (including phenoxy) is 2. The van der Waals surface area contributed by atoms with Gasteiger partial charge in [0.15, 0.2) is 11.6 Å². The lowest BCUT2D eigenvalue weighted by Gasteiger charge is -2.41. The van der Waals surface area contributed by atoms with E-state index < -0.39 is 17.1 Å². The summed E-state index contributed by atoms with van der Waals surface area (Å²) in [6.07, 6.45) is 4.31. The fraction of sp³-hybridized carbons (Fsp3) is 0.488. The van der Waals surface area contributed by atoms with Gasteiger partial charge in [0.1, 0.15) is 5.60 Å². The standard InChI is InChI=1S/C43H53ClN8O6/c1-25-27(11-9-13-29(25)47-38(53)36-46-32-24-52(22-18-34(32)50(36)7)41(56)58-42(2,3)4)28-12-10-14-30(35(28)44)48-39(54)37-45-31-23-51(21-17-33(31)49(37)6)26-15-19-43(5,20-16-26)40(55)57-8/h9-14,26H,15-24H2,1-8H3,(H,47,53)(H,48,54). The Morgan fingerprint density at radius 3 is 1.98 bits per heavy atom. The fourth-order valence-corrected chi connectivity index (χ4v) is 8.86. The molecule has 0 atom stereocenters. The van der Waals surface area contributed by atoms with Gasteiger partial charge in [0.2, 0.25) is 0 Å². The van der Waals surface area contributed by atoms with Crippen molar-refractivity contribution in [1.82, 2.24) is 28.9 Å². The highest BCUT2D eigenvalue weighted by molar-refractivity contribution is 6.36. The molecule has 308 valence electrons. The molecule has 2 aromatic heterocycles. The highest BCUT2D eigenvalue weighted by Crippen LogP contribution is 2.40. The molecule has 2 aliphatic heterocycles. The highest BCUT2D eigenvalue weighted by atomic mass is 35.5. The smallest absolute Gasteiger partial charge is 0.410 e. The molecule has 1 saturated carbocycles. The van der Waals surface area contributed by atoms with E-state index >= 15 is 0 Å². The zero-order valence-corrected chi connectivity index (χ0v) is 35.4. The summed E-state index contributed by atoms with van der Waals surface area (Å²) in [5, 5.41) is 6.39. The van der Waals surface area contributed by atoms with E-state index in [1.807, 2.05) is 83.6 Å². The number of esters is 1. The van der Waals surface area contributed by atoms with Crippen molar-refractivity contribution in [3.63, 3.8) is 0 Å². The molecule has 7 rings (SSSR count). The summed E-state index contributed by atoms with van der Waals surface area (Å²) in [6.45, 7) is 11.6. The molecule has 0 radical (unpaired) electrons. The van der Waals surface area contributed by atoms with Crippen molar-refractivity contribution in [2.45, 2.75) is 97.9 Å². The van der Waals surface area contributed by atoms with E-state index in [0.717, 1.165) is 66.9 Å². The SMILES string of the molecule is COC(=O)C1(C)CCC(N2CCc3c(nc(C(=O)Nc4cccc(-c5cccc(NC(=O)c6nc7c(n6C)CCN(C(=O)OC(C)(C)C)C7)c5C)c4Cl)n3C)C2)CC1. The van der Waals surface area contributed by atoms with Crippen LogP contribution >= 0.6 is 11.6 Å². The molecule has 14 nitrogen and oxygen atoms in total. The molecule has 0 bridgehead atoms. The Labute approximate surface area is 344 Å². The van der Waals surface area contributed by atoms with Crippen molar-refractivity contribution in [2.75, 3.05) is 30.8 Å². The molecule has 0 spiro atoms. The number of amides is 3. The lowest BCUT2D eigenvalue weighted by atomic mass is 9.73. The van der Waals surface area contributed by atoms with Crippen molar-refractivity contribution in [3.05, 3.63) is 81.4 Å². The predicted octanol–water partition coefficient (Wildman–Crippen LogP) is 7.06. The largest absolute Gasteiger partial charge is 0.469 e. The third kappa shape index (κ3) is 7.96. The average Bonchev–Trinajstić information content (AvgIpc) is 3.71.